The van der Waals surface area contributed by atoms with Crippen molar-refractivity contribution in [3.05, 3.63) is 47.0 Å². The van der Waals surface area contributed by atoms with E-state index in [9.17, 15) is 9.59 Å². The summed E-state index contributed by atoms with van der Waals surface area (Å²) in [5, 5.41) is 0. The number of methoxy groups -OCH3 is 1. The molecule has 1 aromatic carbocycles. The summed E-state index contributed by atoms with van der Waals surface area (Å²) in [7, 11) is 1.34. The molecule has 2 rings (SSSR count). The molecule has 124 valence electrons. The molecular weight excluding hydrogens is 294 g/mol. The Balaban J connectivity index is 2.08. The van der Waals surface area contributed by atoms with E-state index in [-0.39, 0.29) is 6.04 Å². The first-order valence-electron chi connectivity index (χ1n) is 7.67. The van der Waals surface area contributed by atoms with Crippen LogP contribution < -0.4 is 0 Å². The highest BCUT2D eigenvalue weighted by Crippen LogP contribution is 2.28. The molecular formula is C18H23NO4. The van der Waals surface area contributed by atoms with E-state index in [1.807, 2.05) is 44.2 Å². The van der Waals surface area contributed by atoms with Crippen LogP contribution in [-0.2, 0) is 25.7 Å². The molecule has 5 nitrogen and oxygen atoms in total. The number of amides is 1. The number of carbonyl (C=O) groups is 2. The number of hydrogen-bond acceptors (Lipinski definition) is 4. The molecule has 5 heteroatoms. The molecule has 1 aromatic rings. The Morgan fingerprint density at radius 3 is 2.61 bits per heavy atom. The number of hydrogen-bond donors (Lipinski definition) is 0. The van der Waals surface area contributed by atoms with Crippen LogP contribution >= 0.6 is 0 Å². The van der Waals surface area contributed by atoms with Crippen molar-refractivity contribution in [1.82, 2.24) is 4.90 Å². The fourth-order valence-corrected chi connectivity index (χ4v) is 2.84. The lowest BCUT2D eigenvalue weighted by molar-refractivity contribution is -0.152. The van der Waals surface area contributed by atoms with Gasteiger partial charge >= 0.3 is 5.97 Å². The monoisotopic (exact) mass is 317 g/mol. The van der Waals surface area contributed by atoms with Crippen molar-refractivity contribution in [2.45, 2.75) is 39.0 Å². The number of carbonyl (C=O) groups excluding carboxylic acids is 2. The van der Waals surface area contributed by atoms with Crippen LogP contribution in [0.3, 0.4) is 0 Å². The van der Waals surface area contributed by atoms with E-state index in [0.717, 1.165) is 16.7 Å². The molecule has 2 unspecified atom stereocenters. The largest absolute Gasteiger partial charge is 0.467 e. The molecule has 0 radical (unpaired) electrons. The Labute approximate surface area is 136 Å². The Kier molecular flexibility index (Phi) is 5.93. The van der Waals surface area contributed by atoms with Gasteiger partial charge in [-0.05, 0) is 31.4 Å². The molecule has 23 heavy (non-hydrogen) atoms. The highest BCUT2D eigenvalue weighted by atomic mass is 16.5. The van der Waals surface area contributed by atoms with E-state index in [4.69, 9.17) is 9.47 Å². The number of benzene rings is 1. The minimum Gasteiger partial charge on any atom is -0.467 e. The van der Waals surface area contributed by atoms with Crippen LogP contribution in [0.25, 0.3) is 0 Å². The van der Waals surface area contributed by atoms with E-state index in [0.29, 0.717) is 26.0 Å². The lowest BCUT2D eigenvalue weighted by Crippen LogP contribution is -2.52. The van der Waals surface area contributed by atoms with Gasteiger partial charge in [-0.1, -0.05) is 35.9 Å². The van der Waals surface area contributed by atoms with Gasteiger partial charge in [-0.15, -0.1) is 0 Å². The third-order valence-corrected chi connectivity index (χ3v) is 4.37. The van der Waals surface area contributed by atoms with Gasteiger partial charge in [0.15, 0.2) is 0 Å². The number of esters is 1. The molecule has 0 saturated carbocycles. The molecule has 0 aromatic heterocycles. The van der Waals surface area contributed by atoms with Gasteiger partial charge in [0, 0.05) is 0 Å². The smallest absolute Gasteiger partial charge is 0.328 e. The fraction of sp³-hybridized carbons (Fsp3) is 0.444. The molecule has 1 aliphatic heterocycles. The number of ether oxygens (including phenoxy) is 2. The first-order chi connectivity index (χ1) is 11.1. The molecule has 0 aliphatic carbocycles. The zero-order valence-corrected chi connectivity index (χ0v) is 13.8. The quantitative estimate of drug-likeness (QED) is 0.459. The normalized spacial score (nSPS) is 21.3. The predicted molar refractivity (Wildman–Crippen MR) is 86.6 cm³/mol. The number of nitrogens with zero attached hydrogens (tertiary/aromatic N) is 1. The van der Waals surface area contributed by atoms with Gasteiger partial charge in [-0.2, -0.15) is 0 Å². The van der Waals surface area contributed by atoms with Crippen LogP contribution in [0.1, 0.15) is 25.8 Å². The molecule has 0 spiro atoms. The van der Waals surface area contributed by atoms with Crippen LogP contribution in [0.4, 0.5) is 0 Å². The summed E-state index contributed by atoms with van der Waals surface area (Å²) < 4.78 is 10.6. The zero-order chi connectivity index (χ0) is 16.8. The minimum absolute atomic E-state index is 0.242. The summed E-state index contributed by atoms with van der Waals surface area (Å²) in [6.45, 7) is 4.79. The van der Waals surface area contributed by atoms with E-state index in [1.54, 1.807) is 0 Å². The maximum Gasteiger partial charge on any atom is 0.328 e. The van der Waals surface area contributed by atoms with Gasteiger partial charge in [-0.3, -0.25) is 4.79 Å². The SMILES string of the molecule is COC(=O)C1CC(C)=C(C)C(COCc2ccccc2)N1C=O. The molecule has 0 N–H and O–H groups in total. The van der Waals surface area contributed by atoms with Crippen molar-refractivity contribution in [1.29, 1.82) is 0 Å². The molecule has 1 amide bonds. The third kappa shape index (κ3) is 3.99. The van der Waals surface area contributed by atoms with Gasteiger partial charge in [0.2, 0.25) is 6.41 Å². The van der Waals surface area contributed by atoms with Crippen LogP contribution in [0.5, 0.6) is 0 Å². The van der Waals surface area contributed by atoms with E-state index < -0.39 is 12.0 Å². The lowest BCUT2D eigenvalue weighted by Gasteiger charge is -2.39. The standard InChI is InChI=1S/C18H23NO4/c1-13-9-16(18(21)22-3)19(12-20)17(14(13)2)11-23-10-15-7-5-4-6-8-15/h4-8,12,16-17H,9-11H2,1-3H3. The average molecular weight is 317 g/mol. The van der Waals surface area contributed by atoms with E-state index in [2.05, 4.69) is 0 Å². The Hall–Kier alpha value is -2.14. The Morgan fingerprint density at radius 2 is 2.00 bits per heavy atom. The van der Waals surface area contributed by atoms with Crippen molar-refractivity contribution in [3.8, 4) is 0 Å². The second-order valence-corrected chi connectivity index (χ2v) is 5.78. The summed E-state index contributed by atoms with van der Waals surface area (Å²) in [6, 6.07) is 9.03. The van der Waals surface area contributed by atoms with Crippen molar-refractivity contribution in [2.75, 3.05) is 13.7 Å². The molecule has 1 heterocycles. The predicted octanol–water partition coefficient (Wildman–Crippen LogP) is 2.31. The van der Waals surface area contributed by atoms with Crippen molar-refractivity contribution >= 4 is 12.4 Å². The van der Waals surface area contributed by atoms with Gasteiger partial charge in [-0.25, -0.2) is 4.79 Å². The summed E-state index contributed by atoms with van der Waals surface area (Å²) in [6.07, 6.45) is 1.22. The summed E-state index contributed by atoms with van der Waals surface area (Å²) >= 11 is 0. The Morgan fingerprint density at radius 1 is 1.30 bits per heavy atom. The first kappa shape index (κ1) is 17.2. The molecule has 2 atom stereocenters. The summed E-state index contributed by atoms with van der Waals surface area (Å²) in [5.74, 6) is -0.392. The lowest BCUT2D eigenvalue weighted by atomic mass is 9.90. The maximum absolute atomic E-state index is 11.9. The minimum atomic E-state index is -0.577. The van der Waals surface area contributed by atoms with Gasteiger partial charge in [0.05, 0.1) is 26.4 Å². The maximum atomic E-state index is 11.9. The van der Waals surface area contributed by atoms with Gasteiger partial charge in [0.25, 0.3) is 0 Å². The summed E-state index contributed by atoms with van der Waals surface area (Å²) in [4.78, 5) is 25.0. The zero-order valence-electron chi connectivity index (χ0n) is 13.8. The molecule has 0 saturated heterocycles. The number of rotatable bonds is 6. The van der Waals surface area contributed by atoms with Crippen molar-refractivity contribution < 1.29 is 19.1 Å². The summed E-state index contributed by atoms with van der Waals surface area (Å²) in [5.41, 5.74) is 3.25. The highest BCUT2D eigenvalue weighted by Gasteiger charge is 2.37. The van der Waals surface area contributed by atoms with Gasteiger partial charge in [0.1, 0.15) is 6.04 Å². The molecule has 1 aliphatic rings. The third-order valence-electron chi connectivity index (χ3n) is 4.37. The molecule has 0 bridgehead atoms. The van der Waals surface area contributed by atoms with Crippen molar-refractivity contribution in [3.63, 3.8) is 0 Å². The van der Waals surface area contributed by atoms with Crippen LogP contribution in [0, 0.1) is 0 Å². The Bertz CT molecular complexity index is 582. The second kappa shape index (κ2) is 7.92. The average Bonchev–Trinajstić information content (AvgIpc) is 2.58. The van der Waals surface area contributed by atoms with Gasteiger partial charge < -0.3 is 14.4 Å². The van der Waals surface area contributed by atoms with Crippen LogP contribution in [0.2, 0.25) is 0 Å². The fourth-order valence-electron chi connectivity index (χ4n) is 2.84. The topological polar surface area (TPSA) is 55.8 Å². The highest BCUT2D eigenvalue weighted by molar-refractivity contribution is 5.79. The first-order valence-corrected chi connectivity index (χ1v) is 7.67. The second-order valence-electron chi connectivity index (χ2n) is 5.78. The van der Waals surface area contributed by atoms with Crippen LogP contribution in [-0.4, -0.2) is 43.1 Å². The van der Waals surface area contributed by atoms with E-state index in [1.165, 1.54) is 12.0 Å². The van der Waals surface area contributed by atoms with Crippen LogP contribution in [0.15, 0.2) is 41.5 Å². The van der Waals surface area contributed by atoms with Crippen molar-refractivity contribution in [2.24, 2.45) is 0 Å². The van der Waals surface area contributed by atoms with E-state index >= 15 is 0 Å². The molecule has 0 fully saturated rings.